The highest BCUT2D eigenvalue weighted by Gasteiger charge is 2.40. The van der Waals surface area contributed by atoms with Crippen LogP contribution in [-0.4, -0.2) is 39.1 Å². The van der Waals surface area contributed by atoms with Crippen molar-refractivity contribution >= 4 is 28.4 Å². The Morgan fingerprint density at radius 3 is 2.42 bits per heavy atom. The molecule has 0 saturated heterocycles. The molecule has 0 aliphatic carbocycles. The van der Waals surface area contributed by atoms with Crippen molar-refractivity contribution in [3.63, 3.8) is 0 Å². The maximum absolute atomic E-state index is 12.5. The number of aryl methyl sites for hydroxylation is 1. The Hall–Kier alpha value is -3.86. The zero-order valence-corrected chi connectivity index (χ0v) is 21.4. The van der Waals surface area contributed by atoms with Crippen LogP contribution in [-0.2, 0) is 11.8 Å². The zero-order valence-electron chi connectivity index (χ0n) is 20.7. The molecule has 2 heterocycles. The van der Waals surface area contributed by atoms with Gasteiger partial charge in [-0.1, -0.05) is 37.6 Å². The van der Waals surface area contributed by atoms with Gasteiger partial charge in [0.2, 0.25) is 5.56 Å². The Bertz CT molecular complexity index is 1450. The van der Waals surface area contributed by atoms with Crippen molar-refractivity contribution in [3.8, 4) is 11.4 Å². The molecular formula is C26H25ClF4N4O3. The van der Waals surface area contributed by atoms with Gasteiger partial charge in [0.25, 0.3) is 0 Å². The van der Waals surface area contributed by atoms with Crippen molar-refractivity contribution in [1.29, 1.82) is 0 Å². The number of nitrogens with zero attached hydrogens (tertiary/aromatic N) is 3. The fourth-order valence-electron chi connectivity index (χ4n) is 3.29. The first-order valence-electron chi connectivity index (χ1n) is 11.4. The zero-order chi connectivity index (χ0) is 28.0. The number of ether oxygens (including phenoxy) is 1. The van der Waals surface area contributed by atoms with Crippen LogP contribution in [0.15, 0.2) is 71.8 Å². The lowest BCUT2D eigenvalue weighted by Crippen LogP contribution is -2.48. The van der Waals surface area contributed by atoms with Gasteiger partial charge >= 0.3 is 12.1 Å². The first kappa shape index (κ1) is 28.7. The third-order valence-electron chi connectivity index (χ3n) is 5.49. The third kappa shape index (κ3) is 7.34. The van der Waals surface area contributed by atoms with Crippen LogP contribution in [0.4, 0.5) is 17.6 Å². The Morgan fingerprint density at radius 1 is 1.13 bits per heavy atom. The molecule has 1 amide bonds. The Morgan fingerprint density at radius 2 is 1.84 bits per heavy atom. The molecule has 2 aromatic carbocycles. The van der Waals surface area contributed by atoms with E-state index >= 15 is 0 Å². The van der Waals surface area contributed by atoms with Crippen LogP contribution in [0.2, 0.25) is 5.02 Å². The summed E-state index contributed by atoms with van der Waals surface area (Å²) in [6, 6.07) is 13.6. The summed E-state index contributed by atoms with van der Waals surface area (Å²) in [5.41, 5.74) is 1.34. The number of halogens is 5. The maximum atomic E-state index is 12.5. The summed E-state index contributed by atoms with van der Waals surface area (Å²) >= 11 is 5.33. The highest BCUT2D eigenvalue weighted by atomic mass is 35.5. The van der Waals surface area contributed by atoms with Crippen LogP contribution in [0.5, 0.6) is 5.75 Å². The normalized spacial score (nSPS) is 12.1. The molecule has 0 saturated carbocycles. The van der Waals surface area contributed by atoms with Gasteiger partial charge in [-0.15, -0.1) is 0 Å². The maximum Gasteiger partial charge on any atom is 0.471 e. The Labute approximate surface area is 220 Å². The summed E-state index contributed by atoms with van der Waals surface area (Å²) in [6.45, 7) is 3.29. The second-order valence-electron chi connectivity index (χ2n) is 8.66. The van der Waals surface area contributed by atoms with E-state index in [0.29, 0.717) is 11.4 Å². The number of aromatic nitrogens is 3. The molecule has 0 fully saturated rings. The number of carbonyl (C=O) groups is 1. The van der Waals surface area contributed by atoms with Gasteiger partial charge in [0.05, 0.1) is 28.5 Å². The molecule has 0 aliphatic rings. The second-order valence-corrected chi connectivity index (χ2v) is 9.07. The summed E-state index contributed by atoms with van der Waals surface area (Å²) in [5, 5.41) is 7.22. The standard InChI is InChI=1S/C20H21F3N4O3.C6H4ClF/c1-12(2)16(25-19(29)20(21,22)23)11-30-15-5-6-17-13(8-15)9-24-27(17)14-4-7-18(28)26(3)10-14;7-5-3-1-2-4-6(5)8/h4-10,12,16H,11H2,1-3H3,(H,25,29);1-4H. The molecule has 0 bridgehead atoms. The number of alkyl halides is 3. The minimum Gasteiger partial charge on any atom is -0.491 e. The van der Waals surface area contributed by atoms with Crippen LogP contribution in [0.25, 0.3) is 16.6 Å². The minimum absolute atomic E-state index is 0.111. The number of pyridine rings is 1. The summed E-state index contributed by atoms with van der Waals surface area (Å²) in [4.78, 5) is 22.8. The van der Waals surface area contributed by atoms with E-state index in [1.54, 1.807) is 74.4 Å². The summed E-state index contributed by atoms with van der Waals surface area (Å²) in [7, 11) is 1.65. The molecule has 12 heteroatoms. The number of nitrogens with one attached hydrogen (secondary N) is 1. The number of amides is 1. The van der Waals surface area contributed by atoms with Crippen molar-refractivity contribution in [2.75, 3.05) is 6.61 Å². The van der Waals surface area contributed by atoms with E-state index in [1.165, 1.54) is 22.8 Å². The predicted octanol–water partition coefficient (Wildman–Crippen LogP) is 5.29. The molecule has 1 N–H and O–H groups in total. The molecule has 0 radical (unpaired) electrons. The van der Waals surface area contributed by atoms with Gasteiger partial charge in [-0.05, 0) is 42.3 Å². The van der Waals surface area contributed by atoms with Crippen LogP contribution in [0, 0.1) is 11.7 Å². The molecule has 0 spiro atoms. The Kier molecular flexibility index (Phi) is 9.16. The minimum atomic E-state index is -4.94. The van der Waals surface area contributed by atoms with Crippen molar-refractivity contribution in [2.24, 2.45) is 13.0 Å². The van der Waals surface area contributed by atoms with Crippen LogP contribution >= 0.6 is 11.6 Å². The van der Waals surface area contributed by atoms with E-state index in [0.717, 1.165) is 10.9 Å². The lowest BCUT2D eigenvalue weighted by atomic mass is 10.1. The van der Waals surface area contributed by atoms with Gasteiger partial charge in [0.15, 0.2) is 0 Å². The van der Waals surface area contributed by atoms with Gasteiger partial charge in [-0.3, -0.25) is 9.59 Å². The van der Waals surface area contributed by atoms with E-state index in [1.807, 2.05) is 5.32 Å². The predicted molar refractivity (Wildman–Crippen MR) is 136 cm³/mol. The van der Waals surface area contributed by atoms with Crippen molar-refractivity contribution in [2.45, 2.75) is 26.1 Å². The number of hydrogen-bond donors (Lipinski definition) is 1. The smallest absolute Gasteiger partial charge is 0.471 e. The molecule has 0 aliphatic heterocycles. The van der Waals surface area contributed by atoms with Crippen LogP contribution < -0.4 is 15.6 Å². The SMILES string of the molecule is CC(C)C(COc1ccc2c(cnn2-c2ccc(=O)n(C)c2)c1)NC(=O)C(F)(F)F.Fc1ccccc1Cl. The quantitative estimate of drug-likeness (QED) is 0.330. The molecule has 2 aromatic heterocycles. The highest BCUT2D eigenvalue weighted by molar-refractivity contribution is 6.30. The van der Waals surface area contributed by atoms with Crippen LogP contribution in [0.1, 0.15) is 13.8 Å². The summed E-state index contributed by atoms with van der Waals surface area (Å²) < 4.78 is 58.5. The first-order chi connectivity index (χ1) is 17.9. The number of benzene rings is 2. The summed E-state index contributed by atoms with van der Waals surface area (Å²) in [6.07, 6.45) is -1.66. The topological polar surface area (TPSA) is 78.2 Å². The lowest BCUT2D eigenvalue weighted by molar-refractivity contribution is -0.174. The Balaban J connectivity index is 0.000000427. The number of fused-ring (bicyclic) bond motifs is 1. The van der Waals surface area contributed by atoms with Gasteiger partial charge < -0.3 is 14.6 Å². The molecule has 1 unspecified atom stereocenters. The number of carbonyl (C=O) groups excluding carboxylic acids is 1. The molecule has 4 aromatic rings. The fourth-order valence-corrected chi connectivity index (χ4v) is 3.42. The average molecular weight is 553 g/mol. The molecule has 4 rings (SSSR count). The average Bonchev–Trinajstić information content (AvgIpc) is 3.28. The molecule has 1 atom stereocenters. The van der Waals surface area contributed by atoms with Gasteiger partial charge in [-0.25, -0.2) is 9.07 Å². The third-order valence-corrected chi connectivity index (χ3v) is 5.79. The number of rotatable bonds is 6. The van der Waals surface area contributed by atoms with Gasteiger partial charge in [-0.2, -0.15) is 18.3 Å². The van der Waals surface area contributed by atoms with E-state index < -0.39 is 18.1 Å². The molecular weight excluding hydrogens is 528 g/mol. The largest absolute Gasteiger partial charge is 0.491 e. The van der Waals surface area contributed by atoms with E-state index in [-0.39, 0.29) is 28.9 Å². The lowest BCUT2D eigenvalue weighted by Gasteiger charge is -2.23. The van der Waals surface area contributed by atoms with Crippen molar-refractivity contribution in [1.82, 2.24) is 19.7 Å². The number of hydrogen-bond acceptors (Lipinski definition) is 4. The van der Waals surface area contributed by atoms with Crippen molar-refractivity contribution in [3.05, 3.63) is 88.2 Å². The highest BCUT2D eigenvalue weighted by Crippen LogP contribution is 2.24. The van der Waals surface area contributed by atoms with Gasteiger partial charge in [0.1, 0.15) is 18.2 Å². The molecule has 7 nitrogen and oxygen atoms in total. The first-order valence-corrected chi connectivity index (χ1v) is 11.8. The second kappa shape index (κ2) is 12.1. The monoisotopic (exact) mass is 552 g/mol. The summed E-state index contributed by atoms with van der Waals surface area (Å²) in [5.74, 6) is -2.17. The van der Waals surface area contributed by atoms with E-state index in [9.17, 15) is 27.2 Å². The van der Waals surface area contributed by atoms with E-state index in [2.05, 4.69) is 5.10 Å². The fraction of sp³-hybridized carbons (Fsp3) is 0.269. The molecule has 202 valence electrons. The van der Waals surface area contributed by atoms with Crippen LogP contribution in [0.3, 0.4) is 0 Å². The molecule has 38 heavy (non-hydrogen) atoms. The van der Waals surface area contributed by atoms with E-state index in [4.69, 9.17) is 16.3 Å². The van der Waals surface area contributed by atoms with Gasteiger partial charge in [0, 0.05) is 24.7 Å². The van der Waals surface area contributed by atoms with Crippen molar-refractivity contribution < 1.29 is 27.1 Å².